The van der Waals surface area contributed by atoms with Crippen LogP contribution in [0.2, 0.25) is 5.02 Å². The molecule has 1 heterocycles. The van der Waals surface area contributed by atoms with Crippen LogP contribution in [0.5, 0.6) is 0 Å². The van der Waals surface area contributed by atoms with Gasteiger partial charge in [0.15, 0.2) is 0 Å². The molecule has 0 radical (unpaired) electrons. The molecular formula is C17H14ClN3O4. The maximum atomic E-state index is 11.9. The lowest BCUT2D eigenvalue weighted by Crippen LogP contribution is -2.25. The van der Waals surface area contributed by atoms with Crippen molar-refractivity contribution in [3.05, 3.63) is 74.3 Å². The van der Waals surface area contributed by atoms with Crippen LogP contribution in [0.1, 0.15) is 29.8 Å². The van der Waals surface area contributed by atoms with Crippen molar-refractivity contribution in [1.82, 2.24) is 5.01 Å². The van der Waals surface area contributed by atoms with Gasteiger partial charge in [-0.1, -0.05) is 41.4 Å². The van der Waals surface area contributed by atoms with Crippen molar-refractivity contribution in [3.8, 4) is 0 Å². The van der Waals surface area contributed by atoms with Crippen LogP contribution in [0.15, 0.2) is 47.6 Å². The molecule has 1 aliphatic heterocycles. The Labute approximate surface area is 148 Å². The molecule has 1 aliphatic rings. The predicted octanol–water partition coefficient (Wildman–Crippen LogP) is 3.80. The van der Waals surface area contributed by atoms with E-state index in [0.717, 1.165) is 11.1 Å². The fraction of sp³-hybridized carbons (Fsp3) is 0.176. The molecule has 0 spiro atoms. The van der Waals surface area contributed by atoms with Crippen LogP contribution in [0.4, 0.5) is 5.69 Å². The molecule has 128 valence electrons. The maximum absolute atomic E-state index is 11.9. The smallest absolute Gasteiger partial charge is 0.288 e. The lowest BCUT2D eigenvalue weighted by Gasteiger charge is -2.19. The van der Waals surface area contributed by atoms with Gasteiger partial charge < -0.3 is 4.74 Å². The van der Waals surface area contributed by atoms with E-state index in [1.807, 2.05) is 31.2 Å². The molecule has 2 aromatic rings. The fourth-order valence-electron chi connectivity index (χ4n) is 2.51. The summed E-state index contributed by atoms with van der Waals surface area (Å²) in [6.07, 6.45) is -0.720. The first-order valence-corrected chi connectivity index (χ1v) is 7.80. The maximum Gasteiger partial charge on any atom is 0.288 e. The van der Waals surface area contributed by atoms with E-state index in [0.29, 0.717) is 5.56 Å². The Morgan fingerprint density at radius 2 is 2.08 bits per heavy atom. The van der Waals surface area contributed by atoms with Crippen molar-refractivity contribution in [2.45, 2.75) is 20.1 Å². The molecule has 0 bridgehead atoms. The number of hydrazone groups is 1. The Bertz CT molecular complexity index is 897. The summed E-state index contributed by atoms with van der Waals surface area (Å²) in [6, 6.07) is 11.8. The van der Waals surface area contributed by atoms with Crippen LogP contribution >= 0.6 is 11.6 Å². The zero-order valence-corrected chi connectivity index (χ0v) is 14.2. The van der Waals surface area contributed by atoms with Gasteiger partial charge in [-0.3, -0.25) is 14.9 Å². The van der Waals surface area contributed by atoms with E-state index < -0.39 is 11.2 Å². The van der Waals surface area contributed by atoms with Gasteiger partial charge in [0.2, 0.25) is 18.0 Å². The first-order chi connectivity index (χ1) is 11.9. The number of amides is 1. The standard InChI is InChI=1S/C17H14ClN3O4/c1-10-4-3-5-13(8-10)17-20(11(2)22)19-16(25-17)12-6-7-14(18)15(9-12)21(23)24/h3-9,17H,1-2H3/t17-/m1/s1. The van der Waals surface area contributed by atoms with Crippen LogP contribution in [0.25, 0.3) is 0 Å². The first-order valence-electron chi connectivity index (χ1n) is 7.43. The number of aryl methyl sites for hydroxylation is 1. The van der Waals surface area contributed by atoms with E-state index in [9.17, 15) is 14.9 Å². The molecule has 0 aromatic heterocycles. The van der Waals surface area contributed by atoms with Crippen molar-refractivity contribution in [2.24, 2.45) is 5.10 Å². The number of carbonyl (C=O) groups excluding carboxylic acids is 1. The van der Waals surface area contributed by atoms with E-state index in [1.54, 1.807) is 6.07 Å². The number of benzene rings is 2. The van der Waals surface area contributed by atoms with Crippen LogP contribution in [-0.2, 0) is 9.53 Å². The lowest BCUT2D eigenvalue weighted by molar-refractivity contribution is -0.384. The van der Waals surface area contributed by atoms with E-state index in [1.165, 1.54) is 24.1 Å². The lowest BCUT2D eigenvalue weighted by atomic mass is 10.1. The van der Waals surface area contributed by atoms with Crippen molar-refractivity contribution in [3.63, 3.8) is 0 Å². The van der Waals surface area contributed by atoms with Gasteiger partial charge in [-0.2, -0.15) is 5.01 Å². The van der Waals surface area contributed by atoms with E-state index in [4.69, 9.17) is 16.3 Å². The average molecular weight is 360 g/mol. The molecule has 0 unspecified atom stereocenters. The fourth-order valence-corrected chi connectivity index (χ4v) is 2.70. The van der Waals surface area contributed by atoms with Crippen LogP contribution in [-0.4, -0.2) is 21.7 Å². The monoisotopic (exact) mass is 359 g/mol. The molecule has 0 fully saturated rings. The summed E-state index contributed by atoms with van der Waals surface area (Å²) >= 11 is 5.83. The number of carbonyl (C=O) groups is 1. The number of nitro groups is 1. The number of hydrogen-bond acceptors (Lipinski definition) is 5. The molecule has 8 heteroatoms. The Balaban J connectivity index is 1.99. The zero-order chi connectivity index (χ0) is 18.1. The Kier molecular flexibility index (Phi) is 4.41. The minimum atomic E-state index is -0.720. The summed E-state index contributed by atoms with van der Waals surface area (Å²) < 4.78 is 5.83. The second-order valence-corrected chi connectivity index (χ2v) is 5.98. The summed E-state index contributed by atoms with van der Waals surface area (Å²) in [4.78, 5) is 22.4. The predicted molar refractivity (Wildman–Crippen MR) is 92.2 cm³/mol. The van der Waals surface area contributed by atoms with Gasteiger partial charge in [-0.25, -0.2) is 0 Å². The number of halogens is 1. The van der Waals surface area contributed by atoms with Crippen molar-refractivity contribution < 1.29 is 14.5 Å². The van der Waals surface area contributed by atoms with Crippen molar-refractivity contribution in [1.29, 1.82) is 0 Å². The molecule has 2 aromatic carbocycles. The van der Waals surface area contributed by atoms with Gasteiger partial charge in [0.1, 0.15) is 5.02 Å². The van der Waals surface area contributed by atoms with Gasteiger partial charge in [-0.15, -0.1) is 5.10 Å². The topological polar surface area (TPSA) is 85.0 Å². The third kappa shape index (κ3) is 3.32. The molecular weight excluding hydrogens is 346 g/mol. The molecule has 0 saturated heterocycles. The second kappa shape index (κ2) is 6.52. The van der Waals surface area contributed by atoms with Gasteiger partial charge in [0.25, 0.3) is 5.69 Å². The van der Waals surface area contributed by atoms with E-state index in [2.05, 4.69) is 5.10 Å². The molecule has 0 aliphatic carbocycles. The largest absolute Gasteiger partial charge is 0.446 e. The summed E-state index contributed by atoms with van der Waals surface area (Å²) in [7, 11) is 0. The Hall–Kier alpha value is -2.93. The zero-order valence-electron chi connectivity index (χ0n) is 13.5. The summed E-state index contributed by atoms with van der Waals surface area (Å²) in [6.45, 7) is 3.31. The number of rotatable bonds is 3. The highest BCUT2D eigenvalue weighted by Crippen LogP contribution is 2.32. The number of nitro benzene ring substituents is 1. The first kappa shape index (κ1) is 16.9. The highest BCUT2D eigenvalue weighted by molar-refractivity contribution is 6.32. The molecule has 1 amide bonds. The van der Waals surface area contributed by atoms with Gasteiger partial charge in [0.05, 0.1) is 4.92 Å². The molecule has 3 rings (SSSR count). The SMILES string of the molecule is CC(=O)N1N=C(c2ccc(Cl)c([N+](=O)[O-])c2)O[C@@H]1c1cccc(C)c1. The number of nitrogens with zero attached hydrogens (tertiary/aromatic N) is 3. The third-order valence-electron chi connectivity index (χ3n) is 3.68. The summed E-state index contributed by atoms with van der Waals surface area (Å²) in [5, 5.41) is 16.5. The highest BCUT2D eigenvalue weighted by Gasteiger charge is 2.33. The minimum absolute atomic E-state index is 0.0194. The van der Waals surface area contributed by atoms with Crippen molar-refractivity contribution >= 4 is 29.1 Å². The molecule has 1 atom stereocenters. The van der Waals surface area contributed by atoms with E-state index in [-0.39, 0.29) is 22.5 Å². The molecule has 0 saturated carbocycles. The number of hydrogen-bond donors (Lipinski definition) is 0. The number of ether oxygens (including phenoxy) is 1. The Morgan fingerprint density at radius 1 is 1.32 bits per heavy atom. The molecule has 25 heavy (non-hydrogen) atoms. The van der Waals surface area contributed by atoms with Gasteiger partial charge >= 0.3 is 0 Å². The quantitative estimate of drug-likeness (QED) is 0.616. The van der Waals surface area contributed by atoms with Crippen molar-refractivity contribution in [2.75, 3.05) is 0 Å². The van der Waals surface area contributed by atoms with E-state index >= 15 is 0 Å². The third-order valence-corrected chi connectivity index (χ3v) is 4.00. The Morgan fingerprint density at radius 3 is 2.72 bits per heavy atom. The minimum Gasteiger partial charge on any atom is -0.446 e. The van der Waals surface area contributed by atoms with Crippen LogP contribution in [0, 0.1) is 17.0 Å². The summed E-state index contributed by atoms with van der Waals surface area (Å²) in [5.41, 5.74) is 1.90. The molecule has 7 nitrogen and oxygen atoms in total. The average Bonchev–Trinajstić information content (AvgIpc) is 3.00. The van der Waals surface area contributed by atoms with Crippen LogP contribution < -0.4 is 0 Å². The summed E-state index contributed by atoms with van der Waals surface area (Å²) in [5.74, 6) is -0.175. The molecule has 0 N–H and O–H groups in total. The van der Waals surface area contributed by atoms with Gasteiger partial charge in [0, 0.05) is 24.1 Å². The normalized spacial score (nSPS) is 16.4. The van der Waals surface area contributed by atoms with Crippen LogP contribution in [0.3, 0.4) is 0 Å². The second-order valence-electron chi connectivity index (χ2n) is 5.58. The van der Waals surface area contributed by atoms with Gasteiger partial charge in [-0.05, 0) is 19.1 Å². The highest BCUT2D eigenvalue weighted by atomic mass is 35.5.